The van der Waals surface area contributed by atoms with Crippen molar-refractivity contribution in [3.8, 4) is 0 Å². The van der Waals surface area contributed by atoms with Crippen molar-refractivity contribution in [2.24, 2.45) is 0 Å². The van der Waals surface area contributed by atoms with Crippen molar-refractivity contribution in [1.82, 2.24) is 9.78 Å². The molecule has 0 radical (unpaired) electrons. The Kier molecular flexibility index (Phi) is 4.01. The largest absolute Gasteiger partial charge is 0.336 e. The van der Waals surface area contributed by atoms with Crippen LogP contribution in [0.15, 0.2) is 60.8 Å². The Morgan fingerprint density at radius 3 is 2.65 bits per heavy atom. The van der Waals surface area contributed by atoms with Crippen molar-refractivity contribution in [2.75, 3.05) is 5.32 Å². The molecule has 2 aromatic carbocycles. The molecule has 0 spiro atoms. The number of benzene rings is 2. The van der Waals surface area contributed by atoms with Crippen molar-refractivity contribution in [3.63, 3.8) is 0 Å². The molecule has 1 N–H and O–H groups in total. The molecule has 1 aromatic heterocycles. The molecule has 6 nitrogen and oxygen atoms in total. The second kappa shape index (κ2) is 6.27. The summed E-state index contributed by atoms with van der Waals surface area (Å²) < 4.78 is 15.6. The highest BCUT2D eigenvalue weighted by Crippen LogP contribution is 2.23. The normalized spacial score (nSPS) is 10.5. The molecule has 0 aliphatic heterocycles. The number of rotatable bonds is 5. The molecule has 0 saturated heterocycles. The Balaban J connectivity index is 1.73. The molecule has 1 heterocycles. The Labute approximate surface area is 131 Å². The number of non-ortho nitro benzene ring substituents is 1. The van der Waals surface area contributed by atoms with Crippen molar-refractivity contribution >= 4 is 17.2 Å². The van der Waals surface area contributed by atoms with E-state index in [1.807, 2.05) is 30.3 Å². The first kappa shape index (κ1) is 14.7. The fourth-order valence-corrected chi connectivity index (χ4v) is 2.14. The molecule has 0 atom stereocenters. The van der Waals surface area contributed by atoms with E-state index in [0.717, 1.165) is 11.6 Å². The second-order valence-corrected chi connectivity index (χ2v) is 4.93. The summed E-state index contributed by atoms with van der Waals surface area (Å²) in [4.78, 5) is 9.97. The first-order chi connectivity index (χ1) is 11.1. The van der Waals surface area contributed by atoms with Gasteiger partial charge < -0.3 is 5.32 Å². The van der Waals surface area contributed by atoms with Crippen LogP contribution in [0, 0.1) is 15.9 Å². The molecule has 3 rings (SSSR count). The maximum Gasteiger partial charge on any atom is 0.272 e. The standard InChI is InChI=1S/C16H13FN4O2/c17-14-10-13(21(22)23)6-7-15(14)18-16-8-9-20(19-16)11-12-4-2-1-3-5-12/h1-10H,11H2,(H,18,19). The predicted molar refractivity (Wildman–Crippen MR) is 84.1 cm³/mol. The van der Waals surface area contributed by atoms with E-state index in [-0.39, 0.29) is 11.4 Å². The maximum atomic E-state index is 13.8. The molecule has 0 bridgehead atoms. The van der Waals surface area contributed by atoms with Gasteiger partial charge in [-0.25, -0.2) is 4.39 Å². The summed E-state index contributed by atoms with van der Waals surface area (Å²) in [5.41, 5.74) is 0.951. The van der Waals surface area contributed by atoms with Crippen molar-refractivity contribution < 1.29 is 9.31 Å². The number of aromatic nitrogens is 2. The molecule has 116 valence electrons. The predicted octanol–water partition coefficient (Wildman–Crippen LogP) is 3.72. The lowest BCUT2D eigenvalue weighted by atomic mass is 10.2. The minimum atomic E-state index is -0.697. The van der Waals surface area contributed by atoms with Crippen LogP contribution >= 0.6 is 0 Å². The van der Waals surface area contributed by atoms with Gasteiger partial charge in [0.05, 0.1) is 23.2 Å². The van der Waals surface area contributed by atoms with E-state index in [9.17, 15) is 14.5 Å². The molecule has 23 heavy (non-hydrogen) atoms. The van der Waals surface area contributed by atoms with Gasteiger partial charge in [-0.3, -0.25) is 14.8 Å². The van der Waals surface area contributed by atoms with Gasteiger partial charge in [0.2, 0.25) is 0 Å². The molecule has 3 aromatic rings. The van der Waals surface area contributed by atoms with Gasteiger partial charge in [-0.2, -0.15) is 5.10 Å². The van der Waals surface area contributed by atoms with Crippen molar-refractivity contribution in [2.45, 2.75) is 6.54 Å². The summed E-state index contributed by atoms with van der Waals surface area (Å²) in [6.45, 7) is 0.602. The third-order valence-electron chi connectivity index (χ3n) is 3.25. The zero-order valence-electron chi connectivity index (χ0n) is 12.0. The van der Waals surface area contributed by atoms with Gasteiger partial charge in [0.1, 0.15) is 0 Å². The topological polar surface area (TPSA) is 73.0 Å². The van der Waals surface area contributed by atoms with Gasteiger partial charge in [-0.05, 0) is 11.6 Å². The van der Waals surface area contributed by atoms with Crippen LogP contribution in [-0.2, 0) is 6.54 Å². The average Bonchev–Trinajstić information content (AvgIpc) is 2.97. The van der Waals surface area contributed by atoms with Crippen molar-refractivity contribution in [1.29, 1.82) is 0 Å². The molecule has 7 heteroatoms. The van der Waals surface area contributed by atoms with E-state index in [1.54, 1.807) is 16.9 Å². The molecule has 0 amide bonds. The number of nitrogens with zero attached hydrogens (tertiary/aromatic N) is 3. The molecular weight excluding hydrogens is 299 g/mol. The Bertz CT molecular complexity index is 833. The molecular formula is C16H13FN4O2. The van der Waals surface area contributed by atoms with Gasteiger partial charge in [0.15, 0.2) is 11.6 Å². The van der Waals surface area contributed by atoms with Crippen LogP contribution in [0.5, 0.6) is 0 Å². The fraction of sp³-hybridized carbons (Fsp3) is 0.0625. The van der Waals surface area contributed by atoms with E-state index in [0.29, 0.717) is 12.4 Å². The van der Waals surface area contributed by atoms with Gasteiger partial charge in [-0.1, -0.05) is 30.3 Å². The first-order valence-electron chi connectivity index (χ1n) is 6.90. The van der Waals surface area contributed by atoms with E-state index in [4.69, 9.17) is 0 Å². The highest BCUT2D eigenvalue weighted by molar-refractivity contribution is 5.58. The number of hydrogen-bond acceptors (Lipinski definition) is 4. The zero-order chi connectivity index (χ0) is 16.2. The molecule has 0 unspecified atom stereocenters. The van der Waals surface area contributed by atoms with Crippen molar-refractivity contribution in [3.05, 3.63) is 82.3 Å². The van der Waals surface area contributed by atoms with E-state index in [1.165, 1.54) is 12.1 Å². The number of hydrogen-bond donors (Lipinski definition) is 1. The molecule has 0 fully saturated rings. The number of nitro benzene ring substituents is 1. The van der Waals surface area contributed by atoms with E-state index in [2.05, 4.69) is 10.4 Å². The van der Waals surface area contributed by atoms with Crippen LogP contribution in [0.1, 0.15) is 5.56 Å². The Morgan fingerprint density at radius 2 is 1.96 bits per heavy atom. The zero-order valence-corrected chi connectivity index (χ0v) is 12.0. The van der Waals surface area contributed by atoms with E-state index >= 15 is 0 Å². The second-order valence-electron chi connectivity index (χ2n) is 4.93. The fourth-order valence-electron chi connectivity index (χ4n) is 2.14. The van der Waals surface area contributed by atoms with Gasteiger partial charge >= 0.3 is 0 Å². The van der Waals surface area contributed by atoms with Crippen LogP contribution in [-0.4, -0.2) is 14.7 Å². The Morgan fingerprint density at radius 1 is 1.17 bits per heavy atom. The van der Waals surface area contributed by atoms with Crippen LogP contribution in [0.3, 0.4) is 0 Å². The highest BCUT2D eigenvalue weighted by atomic mass is 19.1. The summed E-state index contributed by atoms with van der Waals surface area (Å²) in [5, 5.41) is 17.7. The average molecular weight is 312 g/mol. The molecule has 0 aliphatic carbocycles. The van der Waals surface area contributed by atoms with E-state index < -0.39 is 10.7 Å². The lowest BCUT2D eigenvalue weighted by Crippen LogP contribution is -2.01. The van der Waals surface area contributed by atoms with Crippen LogP contribution in [0.25, 0.3) is 0 Å². The third kappa shape index (κ3) is 3.52. The first-order valence-corrected chi connectivity index (χ1v) is 6.90. The summed E-state index contributed by atoms with van der Waals surface area (Å²) in [5.74, 6) is -0.231. The number of anilines is 2. The van der Waals surface area contributed by atoms with Gasteiger partial charge in [0, 0.05) is 18.3 Å². The quantitative estimate of drug-likeness (QED) is 0.575. The number of halogens is 1. The smallest absolute Gasteiger partial charge is 0.272 e. The SMILES string of the molecule is O=[N+]([O-])c1ccc(Nc2ccn(Cc3ccccc3)n2)c(F)c1. The highest BCUT2D eigenvalue weighted by Gasteiger charge is 2.11. The van der Waals surface area contributed by atoms with Crippen LogP contribution in [0.4, 0.5) is 21.6 Å². The molecule has 0 aliphatic rings. The maximum absolute atomic E-state index is 13.8. The summed E-state index contributed by atoms with van der Waals surface area (Å²) in [6, 6.07) is 15.0. The van der Waals surface area contributed by atoms with Gasteiger partial charge in [0.25, 0.3) is 5.69 Å². The summed E-state index contributed by atoms with van der Waals surface area (Å²) in [6.07, 6.45) is 1.78. The van der Waals surface area contributed by atoms with Crippen LogP contribution < -0.4 is 5.32 Å². The monoisotopic (exact) mass is 312 g/mol. The summed E-state index contributed by atoms with van der Waals surface area (Å²) >= 11 is 0. The van der Waals surface area contributed by atoms with Crippen LogP contribution in [0.2, 0.25) is 0 Å². The minimum absolute atomic E-state index is 0.139. The third-order valence-corrected chi connectivity index (χ3v) is 3.25. The minimum Gasteiger partial charge on any atom is -0.336 e. The summed E-state index contributed by atoms with van der Waals surface area (Å²) in [7, 11) is 0. The van der Waals surface area contributed by atoms with Gasteiger partial charge in [-0.15, -0.1) is 0 Å². The number of nitrogens with one attached hydrogen (secondary N) is 1. The Hall–Kier alpha value is -3.22. The number of nitro groups is 1. The molecule has 0 saturated carbocycles. The lowest BCUT2D eigenvalue weighted by Gasteiger charge is -2.05. The lowest BCUT2D eigenvalue weighted by molar-refractivity contribution is -0.385.